The minimum atomic E-state index is -0.0889. The number of oxime groups is 1. The summed E-state index contributed by atoms with van der Waals surface area (Å²) in [7, 11) is 0. The molecule has 0 aliphatic rings. The van der Waals surface area contributed by atoms with Gasteiger partial charge in [-0.15, -0.1) is 0 Å². The van der Waals surface area contributed by atoms with E-state index in [0.717, 1.165) is 0 Å². The van der Waals surface area contributed by atoms with Crippen molar-refractivity contribution in [3.05, 3.63) is 35.4 Å². The second kappa shape index (κ2) is 3.52. The molecule has 0 atom stereocenters. The third-order valence-corrected chi connectivity index (χ3v) is 1.42. The topological polar surface area (TPSA) is 75.7 Å². The van der Waals surface area contributed by atoms with Gasteiger partial charge in [0.2, 0.25) is 6.29 Å². The maximum absolute atomic E-state index is 10.3. The second-order valence-electron chi connectivity index (χ2n) is 2.13. The Labute approximate surface area is 69.3 Å². The van der Waals surface area contributed by atoms with Crippen molar-refractivity contribution in [1.82, 2.24) is 0 Å². The number of hydrogen-bond acceptors (Lipinski definition) is 3. The number of nitrogens with two attached hydrogens (primary N) is 1. The highest BCUT2D eigenvalue weighted by atomic mass is 16.4. The van der Waals surface area contributed by atoms with E-state index in [4.69, 9.17) is 10.9 Å². The minimum absolute atomic E-state index is 0.0889. The maximum Gasteiger partial charge on any atom is 0.234 e. The molecule has 61 valence electrons. The molecular formula is C8H7N2O2. The van der Waals surface area contributed by atoms with Crippen molar-refractivity contribution >= 4 is 12.1 Å². The number of nitrogens with zero attached hydrogens (tertiary/aromatic N) is 1. The molecule has 0 aliphatic heterocycles. The molecule has 0 aromatic heterocycles. The zero-order chi connectivity index (χ0) is 8.97. The quantitative estimate of drug-likeness (QED) is 0.284. The number of carbonyl (C=O) groups excluding carboxylic acids is 1. The Bertz CT molecular complexity index is 321. The van der Waals surface area contributed by atoms with Gasteiger partial charge < -0.3 is 10.9 Å². The van der Waals surface area contributed by atoms with E-state index in [-0.39, 0.29) is 11.4 Å². The highest BCUT2D eigenvalue weighted by molar-refractivity contribution is 6.03. The van der Waals surface area contributed by atoms with Gasteiger partial charge in [0.15, 0.2) is 5.84 Å². The molecule has 1 radical (unpaired) electrons. The monoisotopic (exact) mass is 163 g/mol. The van der Waals surface area contributed by atoms with E-state index in [1.54, 1.807) is 30.6 Å². The molecule has 4 nitrogen and oxygen atoms in total. The summed E-state index contributed by atoms with van der Waals surface area (Å²) in [6.07, 6.45) is 1.69. The van der Waals surface area contributed by atoms with Crippen LogP contribution >= 0.6 is 0 Å². The van der Waals surface area contributed by atoms with Gasteiger partial charge in [0.1, 0.15) is 0 Å². The van der Waals surface area contributed by atoms with Crippen LogP contribution in [-0.2, 0) is 4.79 Å². The molecule has 3 N–H and O–H groups in total. The summed E-state index contributed by atoms with van der Waals surface area (Å²) >= 11 is 0. The van der Waals surface area contributed by atoms with E-state index in [1.165, 1.54) is 0 Å². The van der Waals surface area contributed by atoms with Gasteiger partial charge in [0.05, 0.1) is 0 Å². The van der Waals surface area contributed by atoms with Crippen molar-refractivity contribution in [2.24, 2.45) is 10.9 Å². The Hall–Kier alpha value is -1.84. The molecule has 1 aromatic carbocycles. The first-order chi connectivity index (χ1) is 5.79. The summed E-state index contributed by atoms with van der Waals surface area (Å²) in [5.41, 5.74) is 5.96. The minimum Gasteiger partial charge on any atom is -0.409 e. The number of hydrogen-bond donors (Lipinski definition) is 2. The first kappa shape index (κ1) is 8.26. The second-order valence-corrected chi connectivity index (χ2v) is 2.13. The Balaban J connectivity index is 3.22. The van der Waals surface area contributed by atoms with Gasteiger partial charge in [-0.05, 0) is 0 Å². The predicted octanol–water partition coefficient (Wildman–Crippen LogP) is 0.239. The van der Waals surface area contributed by atoms with Crippen molar-refractivity contribution in [2.45, 2.75) is 0 Å². The van der Waals surface area contributed by atoms with Crippen LogP contribution in [0.4, 0.5) is 0 Å². The highest BCUT2D eigenvalue weighted by Gasteiger charge is 2.04. The molecule has 0 unspecified atom stereocenters. The Morgan fingerprint density at radius 2 is 2.17 bits per heavy atom. The van der Waals surface area contributed by atoms with Crippen molar-refractivity contribution < 1.29 is 10.0 Å². The molecular weight excluding hydrogens is 156 g/mol. The molecule has 0 spiro atoms. The van der Waals surface area contributed by atoms with Crippen LogP contribution < -0.4 is 5.73 Å². The largest absolute Gasteiger partial charge is 0.409 e. The third kappa shape index (κ3) is 1.42. The van der Waals surface area contributed by atoms with Gasteiger partial charge in [0, 0.05) is 11.1 Å². The van der Waals surface area contributed by atoms with E-state index >= 15 is 0 Å². The van der Waals surface area contributed by atoms with Gasteiger partial charge in [-0.25, -0.2) is 0 Å². The molecule has 1 aromatic rings. The van der Waals surface area contributed by atoms with Gasteiger partial charge in [0.25, 0.3) is 0 Å². The number of benzene rings is 1. The standard InChI is InChI=1S/C8H7N2O2/c9-8(10-12)7-4-2-1-3-6(7)5-11/h1-4,12H,(H2,9,10). The van der Waals surface area contributed by atoms with E-state index in [0.29, 0.717) is 5.56 Å². The average molecular weight is 163 g/mol. The fraction of sp³-hybridized carbons (Fsp3) is 0. The zero-order valence-electron chi connectivity index (χ0n) is 6.19. The first-order valence-electron chi connectivity index (χ1n) is 3.24. The van der Waals surface area contributed by atoms with Crippen LogP contribution in [0.2, 0.25) is 0 Å². The van der Waals surface area contributed by atoms with E-state index in [1.807, 2.05) is 0 Å². The van der Waals surface area contributed by atoms with Gasteiger partial charge >= 0.3 is 0 Å². The van der Waals surface area contributed by atoms with Crippen molar-refractivity contribution in [3.8, 4) is 0 Å². The van der Waals surface area contributed by atoms with Gasteiger partial charge in [-0.3, -0.25) is 4.79 Å². The average Bonchev–Trinajstić information content (AvgIpc) is 2.16. The normalized spacial score (nSPS) is 11.2. The fourth-order valence-corrected chi connectivity index (χ4v) is 0.849. The Kier molecular flexibility index (Phi) is 2.42. The fourth-order valence-electron chi connectivity index (χ4n) is 0.849. The summed E-state index contributed by atoms with van der Waals surface area (Å²) in [6.45, 7) is 0. The van der Waals surface area contributed by atoms with Crippen LogP contribution in [0.1, 0.15) is 11.1 Å². The molecule has 0 amide bonds. The molecule has 12 heavy (non-hydrogen) atoms. The molecule has 0 heterocycles. The lowest BCUT2D eigenvalue weighted by Gasteiger charge is -1.99. The third-order valence-electron chi connectivity index (χ3n) is 1.42. The smallest absolute Gasteiger partial charge is 0.234 e. The van der Waals surface area contributed by atoms with Crippen molar-refractivity contribution in [3.63, 3.8) is 0 Å². The SMILES string of the molecule is N/C(=N\O)c1ccccc1[C]=O. The van der Waals surface area contributed by atoms with E-state index in [9.17, 15) is 4.79 Å². The van der Waals surface area contributed by atoms with Gasteiger partial charge in [-0.1, -0.05) is 29.4 Å². The van der Waals surface area contributed by atoms with E-state index in [2.05, 4.69) is 5.16 Å². The zero-order valence-corrected chi connectivity index (χ0v) is 6.19. The molecule has 0 bridgehead atoms. The van der Waals surface area contributed by atoms with Crippen LogP contribution in [0, 0.1) is 0 Å². The van der Waals surface area contributed by atoms with Crippen molar-refractivity contribution in [2.75, 3.05) is 0 Å². The molecule has 0 aliphatic carbocycles. The molecule has 4 heteroatoms. The molecule has 1 rings (SSSR count). The van der Waals surface area contributed by atoms with Crippen LogP contribution in [0.15, 0.2) is 29.4 Å². The summed E-state index contributed by atoms with van der Waals surface area (Å²) in [5.74, 6) is -0.0889. The van der Waals surface area contributed by atoms with E-state index < -0.39 is 0 Å². The highest BCUT2D eigenvalue weighted by Crippen LogP contribution is 2.04. The van der Waals surface area contributed by atoms with Gasteiger partial charge in [-0.2, -0.15) is 0 Å². The number of rotatable bonds is 2. The summed E-state index contributed by atoms with van der Waals surface area (Å²) in [6, 6.07) is 6.48. The first-order valence-corrected chi connectivity index (χ1v) is 3.24. The number of amidine groups is 1. The van der Waals surface area contributed by atoms with Crippen LogP contribution in [0.25, 0.3) is 0 Å². The van der Waals surface area contributed by atoms with Crippen LogP contribution in [0.5, 0.6) is 0 Å². The summed E-state index contributed by atoms with van der Waals surface area (Å²) in [5, 5.41) is 11.1. The van der Waals surface area contributed by atoms with Crippen LogP contribution in [0.3, 0.4) is 0 Å². The molecule has 0 saturated heterocycles. The summed E-state index contributed by atoms with van der Waals surface area (Å²) < 4.78 is 0. The maximum atomic E-state index is 10.3. The van der Waals surface area contributed by atoms with Crippen LogP contribution in [-0.4, -0.2) is 17.3 Å². The molecule has 0 saturated carbocycles. The Morgan fingerprint density at radius 3 is 2.75 bits per heavy atom. The molecule has 0 fully saturated rings. The predicted molar refractivity (Wildman–Crippen MR) is 43.7 cm³/mol. The lowest BCUT2D eigenvalue weighted by atomic mass is 10.1. The van der Waals surface area contributed by atoms with Crippen molar-refractivity contribution in [1.29, 1.82) is 0 Å². The summed E-state index contributed by atoms with van der Waals surface area (Å²) in [4.78, 5) is 10.3. The lowest BCUT2D eigenvalue weighted by Crippen LogP contribution is -2.15. The lowest BCUT2D eigenvalue weighted by molar-refractivity contribution is 0.318. The Morgan fingerprint density at radius 1 is 1.50 bits per heavy atom.